The molecule has 0 aliphatic heterocycles. The van der Waals surface area contributed by atoms with E-state index in [1.807, 2.05) is 0 Å². The van der Waals surface area contributed by atoms with Crippen molar-refractivity contribution in [1.29, 1.82) is 0 Å². The fraction of sp³-hybridized carbons (Fsp3) is 0. The summed E-state index contributed by atoms with van der Waals surface area (Å²) in [7, 11) is 0. The quantitative estimate of drug-likeness (QED) is 0.489. The summed E-state index contributed by atoms with van der Waals surface area (Å²) in [6.45, 7) is 0. The van der Waals surface area contributed by atoms with Gasteiger partial charge in [0.1, 0.15) is 11.5 Å². The second kappa shape index (κ2) is 7.34. The number of aromatic nitrogens is 2. The lowest BCUT2D eigenvalue weighted by molar-refractivity contribution is 0.475. The number of phenols is 2. The zero-order valence-electron chi connectivity index (χ0n) is 12.4. The molecule has 0 aliphatic carbocycles. The fourth-order valence-electron chi connectivity index (χ4n) is 1.73. The fourth-order valence-corrected chi connectivity index (χ4v) is 2.27. The van der Waals surface area contributed by atoms with Crippen molar-refractivity contribution in [3.8, 4) is 11.5 Å². The van der Waals surface area contributed by atoms with Crippen LogP contribution in [0.1, 0.15) is 11.1 Å². The van der Waals surface area contributed by atoms with E-state index in [2.05, 4.69) is 25.7 Å². The van der Waals surface area contributed by atoms with E-state index in [0.29, 0.717) is 10.3 Å². The summed E-state index contributed by atoms with van der Waals surface area (Å²) < 4.78 is 0. The van der Waals surface area contributed by atoms with E-state index in [1.54, 1.807) is 61.0 Å². The van der Waals surface area contributed by atoms with Crippen LogP contribution in [0.4, 0.5) is 10.3 Å². The third kappa shape index (κ3) is 4.37. The lowest BCUT2D eigenvalue weighted by Gasteiger charge is -1.94. The first kappa shape index (κ1) is 15.6. The third-order valence-corrected chi connectivity index (χ3v) is 3.63. The molecule has 0 saturated carbocycles. The average Bonchev–Trinajstić information content (AvgIpc) is 3.04. The summed E-state index contributed by atoms with van der Waals surface area (Å²) in [6, 6.07) is 13.3. The van der Waals surface area contributed by atoms with Gasteiger partial charge in [0.25, 0.3) is 0 Å². The Labute approximate surface area is 141 Å². The van der Waals surface area contributed by atoms with Crippen LogP contribution in [-0.2, 0) is 0 Å². The Morgan fingerprint density at radius 2 is 1.42 bits per heavy atom. The summed E-state index contributed by atoms with van der Waals surface area (Å²) in [5, 5.41) is 31.4. The van der Waals surface area contributed by atoms with E-state index in [4.69, 9.17) is 0 Å². The second-order valence-electron chi connectivity index (χ2n) is 4.70. The van der Waals surface area contributed by atoms with Crippen molar-refractivity contribution in [2.24, 2.45) is 10.1 Å². The molecule has 1 aromatic heterocycles. The Balaban J connectivity index is 1.59. The molecule has 0 unspecified atom stereocenters. The Kier molecular flexibility index (Phi) is 4.78. The van der Waals surface area contributed by atoms with Crippen molar-refractivity contribution in [3.05, 3.63) is 59.7 Å². The van der Waals surface area contributed by atoms with E-state index in [9.17, 15) is 10.2 Å². The van der Waals surface area contributed by atoms with Gasteiger partial charge >= 0.3 is 0 Å². The normalized spacial score (nSPS) is 11.3. The molecule has 7 nitrogen and oxygen atoms in total. The third-order valence-electron chi connectivity index (χ3n) is 2.90. The van der Waals surface area contributed by atoms with Gasteiger partial charge in [0.2, 0.25) is 10.3 Å². The summed E-state index contributed by atoms with van der Waals surface area (Å²) in [6.07, 6.45) is 3.25. The molecule has 0 bridgehead atoms. The molecule has 2 aromatic carbocycles. The number of hydrazone groups is 1. The van der Waals surface area contributed by atoms with Gasteiger partial charge in [-0.2, -0.15) is 5.10 Å². The van der Waals surface area contributed by atoms with Gasteiger partial charge in [0, 0.05) is 6.21 Å². The maximum Gasteiger partial charge on any atom is 0.233 e. The van der Waals surface area contributed by atoms with Crippen LogP contribution in [-0.4, -0.2) is 32.8 Å². The summed E-state index contributed by atoms with van der Waals surface area (Å²) in [5.74, 6) is 0.418. The van der Waals surface area contributed by atoms with Crippen LogP contribution in [0, 0.1) is 0 Å². The van der Waals surface area contributed by atoms with Gasteiger partial charge in [-0.25, -0.2) is 4.99 Å². The summed E-state index contributed by atoms with van der Waals surface area (Å²) in [5.41, 5.74) is 4.47. The van der Waals surface area contributed by atoms with Crippen molar-refractivity contribution in [2.45, 2.75) is 0 Å². The highest BCUT2D eigenvalue weighted by Crippen LogP contribution is 2.22. The standard InChI is InChI=1S/C16H13N5O2S/c22-13-5-1-11(2-6-13)9-17-15-20-21-16(24-15)19-18-10-12-3-7-14(23)8-4-12/h1-10,22-23H,(H,19,21). The molecule has 0 spiro atoms. The maximum absolute atomic E-state index is 9.22. The Morgan fingerprint density at radius 3 is 2.04 bits per heavy atom. The topological polar surface area (TPSA) is 103 Å². The summed E-state index contributed by atoms with van der Waals surface area (Å²) >= 11 is 1.26. The highest BCUT2D eigenvalue weighted by atomic mass is 32.1. The molecule has 0 saturated heterocycles. The van der Waals surface area contributed by atoms with Crippen molar-refractivity contribution >= 4 is 34.0 Å². The largest absolute Gasteiger partial charge is 0.508 e. The molecule has 3 aromatic rings. The van der Waals surface area contributed by atoms with Crippen LogP contribution in [0.5, 0.6) is 11.5 Å². The molecule has 24 heavy (non-hydrogen) atoms. The van der Waals surface area contributed by atoms with Crippen LogP contribution in [0.25, 0.3) is 0 Å². The number of hydrogen-bond donors (Lipinski definition) is 3. The maximum atomic E-state index is 9.22. The number of nitrogens with one attached hydrogen (secondary N) is 1. The van der Waals surface area contributed by atoms with E-state index in [1.165, 1.54) is 11.3 Å². The number of hydrogen-bond acceptors (Lipinski definition) is 8. The van der Waals surface area contributed by atoms with Gasteiger partial charge in [-0.15, -0.1) is 10.2 Å². The molecular weight excluding hydrogens is 326 g/mol. The van der Waals surface area contributed by atoms with Crippen molar-refractivity contribution < 1.29 is 10.2 Å². The summed E-state index contributed by atoms with van der Waals surface area (Å²) in [4.78, 5) is 4.22. The molecule has 8 heteroatoms. The first-order valence-corrected chi connectivity index (χ1v) is 7.75. The lowest BCUT2D eigenvalue weighted by atomic mass is 10.2. The Morgan fingerprint density at radius 1 is 0.833 bits per heavy atom. The average molecular weight is 339 g/mol. The van der Waals surface area contributed by atoms with E-state index in [0.717, 1.165) is 11.1 Å². The first-order chi connectivity index (χ1) is 11.7. The zero-order chi connectivity index (χ0) is 16.8. The van der Waals surface area contributed by atoms with Gasteiger partial charge in [0.15, 0.2) is 0 Å². The number of aliphatic imine (C=N–C) groups is 1. The SMILES string of the molecule is Oc1ccc(C=NNc2nnc(N=Cc3ccc(O)cc3)s2)cc1. The van der Waals surface area contributed by atoms with Crippen molar-refractivity contribution in [3.63, 3.8) is 0 Å². The number of aromatic hydroxyl groups is 2. The smallest absolute Gasteiger partial charge is 0.233 e. The molecule has 0 radical (unpaired) electrons. The molecule has 0 aliphatic rings. The highest BCUT2D eigenvalue weighted by molar-refractivity contribution is 7.18. The van der Waals surface area contributed by atoms with E-state index >= 15 is 0 Å². The predicted molar refractivity (Wildman–Crippen MR) is 94.6 cm³/mol. The number of rotatable bonds is 5. The second-order valence-corrected chi connectivity index (χ2v) is 5.66. The number of nitrogens with zero attached hydrogens (tertiary/aromatic N) is 4. The molecular formula is C16H13N5O2S. The predicted octanol–water partition coefficient (Wildman–Crippen LogP) is 3.15. The number of benzene rings is 2. The molecule has 1 heterocycles. The molecule has 0 fully saturated rings. The van der Waals surface area contributed by atoms with Gasteiger partial charge in [-0.05, 0) is 59.7 Å². The van der Waals surface area contributed by atoms with Crippen molar-refractivity contribution in [2.75, 3.05) is 5.43 Å². The number of anilines is 1. The molecule has 3 rings (SSSR count). The van der Waals surface area contributed by atoms with E-state index < -0.39 is 0 Å². The van der Waals surface area contributed by atoms with Gasteiger partial charge in [-0.1, -0.05) is 11.3 Å². The monoisotopic (exact) mass is 339 g/mol. The van der Waals surface area contributed by atoms with Crippen LogP contribution in [0.15, 0.2) is 58.6 Å². The van der Waals surface area contributed by atoms with Gasteiger partial charge in [0.05, 0.1) is 6.21 Å². The zero-order valence-corrected chi connectivity index (χ0v) is 13.2. The van der Waals surface area contributed by atoms with Crippen molar-refractivity contribution in [1.82, 2.24) is 10.2 Å². The number of phenolic OH excluding ortho intramolecular Hbond substituents is 2. The molecule has 0 atom stereocenters. The highest BCUT2D eigenvalue weighted by Gasteiger charge is 2.00. The minimum absolute atomic E-state index is 0.209. The molecule has 120 valence electrons. The molecule has 0 amide bonds. The van der Waals surface area contributed by atoms with Gasteiger partial charge in [-0.3, -0.25) is 5.43 Å². The van der Waals surface area contributed by atoms with Crippen LogP contribution < -0.4 is 5.43 Å². The Bertz CT molecular complexity index is 857. The molecule has 3 N–H and O–H groups in total. The minimum Gasteiger partial charge on any atom is -0.508 e. The Hall–Kier alpha value is -3.26. The van der Waals surface area contributed by atoms with E-state index in [-0.39, 0.29) is 11.5 Å². The van der Waals surface area contributed by atoms with Crippen LogP contribution in [0.2, 0.25) is 0 Å². The van der Waals surface area contributed by atoms with Gasteiger partial charge < -0.3 is 10.2 Å². The lowest BCUT2D eigenvalue weighted by Crippen LogP contribution is -1.89. The minimum atomic E-state index is 0.209. The van der Waals surface area contributed by atoms with Crippen LogP contribution in [0.3, 0.4) is 0 Å². The first-order valence-electron chi connectivity index (χ1n) is 6.94. The van der Waals surface area contributed by atoms with Crippen LogP contribution >= 0.6 is 11.3 Å².